The molecule has 1 aromatic heterocycles. The van der Waals surface area contributed by atoms with Crippen molar-refractivity contribution in [2.24, 2.45) is 5.92 Å². The van der Waals surface area contributed by atoms with Gasteiger partial charge in [0.15, 0.2) is 11.5 Å². The summed E-state index contributed by atoms with van der Waals surface area (Å²) in [6.07, 6.45) is 0. The number of Topliss-reactive ketones (excluding diaryl/α,β-unsaturated/α-hetero) is 1. The van der Waals surface area contributed by atoms with Crippen LogP contribution in [0.1, 0.15) is 17.3 Å². The maximum Gasteiger partial charge on any atom is 0.167 e. The highest BCUT2D eigenvalue weighted by Crippen LogP contribution is 2.36. The second-order valence-corrected chi connectivity index (χ2v) is 8.08. The Morgan fingerprint density at radius 1 is 0.968 bits per heavy atom. The van der Waals surface area contributed by atoms with Gasteiger partial charge in [0.25, 0.3) is 0 Å². The lowest BCUT2D eigenvalue weighted by molar-refractivity contribution is 0.0936. The van der Waals surface area contributed by atoms with E-state index in [1.54, 1.807) is 18.2 Å². The van der Waals surface area contributed by atoms with Gasteiger partial charge in [0.1, 0.15) is 5.69 Å². The van der Waals surface area contributed by atoms with Crippen molar-refractivity contribution in [1.82, 2.24) is 5.16 Å². The zero-order valence-electron chi connectivity index (χ0n) is 16.8. The minimum Gasteiger partial charge on any atom is -0.384 e. The molecule has 0 aliphatic heterocycles. The van der Waals surface area contributed by atoms with Gasteiger partial charge in [-0.3, -0.25) is 4.79 Å². The number of hydrogen-bond acceptors (Lipinski definition) is 4. The summed E-state index contributed by atoms with van der Waals surface area (Å²) in [7, 11) is 0. The number of anilines is 1. The van der Waals surface area contributed by atoms with Crippen molar-refractivity contribution in [1.29, 1.82) is 0 Å². The van der Waals surface area contributed by atoms with Crippen LogP contribution in [0.15, 0.2) is 83.4 Å². The quantitative estimate of drug-likeness (QED) is 0.301. The first-order chi connectivity index (χ1) is 15.0. The summed E-state index contributed by atoms with van der Waals surface area (Å²) >= 11 is 12.6. The van der Waals surface area contributed by atoms with Gasteiger partial charge >= 0.3 is 0 Å². The van der Waals surface area contributed by atoms with Gasteiger partial charge in [-0.25, -0.2) is 0 Å². The van der Waals surface area contributed by atoms with Crippen molar-refractivity contribution in [3.8, 4) is 22.6 Å². The Morgan fingerprint density at radius 2 is 1.68 bits per heavy atom. The highest BCUT2D eigenvalue weighted by Gasteiger charge is 2.16. The van der Waals surface area contributed by atoms with Gasteiger partial charge in [-0.1, -0.05) is 83.8 Å². The molecule has 0 amide bonds. The van der Waals surface area contributed by atoms with E-state index in [9.17, 15) is 4.79 Å². The van der Waals surface area contributed by atoms with E-state index in [1.807, 2.05) is 67.6 Å². The number of aromatic nitrogens is 1. The molecule has 0 bridgehead atoms. The van der Waals surface area contributed by atoms with Gasteiger partial charge in [0, 0.05) is 40.9 Å². The van der Waals surface area contributed by atoms with E-state index in [0.717, 1.165) is 16.8 Å². The van der Waals surface area contributed by atoms with Crippen molar-refractivity contribution >= 4 is 34.7 Å². The van der Waals surface area contributed by atoms with Crippen molar-refractivity contribution in [2.45, 2.75) is 6.92 Å². The Hall–Kier alpha value is -3.08. The van der Waals surface area contributed by atoms with Gasteiger partial charge in [0.05, 0.1) is 10.0 Å². The summed E-state index contributed by atoms with van der Waals surface area (Å²) in [6.45, 7) is 2.44. The molecule has 1 N–H and O–H groups in total. The molecule has 4 rings (SSSR count). The highest BCUT2D eigenvalue weighted by atomic mass is 35.5. The van der Waals surface area contributed by atoms with Gasteiger partial charge in [-0.05, 0) is 24.3 Å². The SMILES string of the molecule is CC(CNc1cccc(-c2cc(-c3c(Cl)cccc3Cl)no2)c1)C(=O)c1ccccc1. The lowest BCUT2D eigenvalue weighted by Crippen LogP contribution is -2.20. The van der Waals surface area contributed by atoms with Crippen LogP contribution in [0.5, 0.6) is 0 Å². The molecule has 1 heterocycles. The number of carbonyl (C=O) groups excluding carboxylic acids is 1. The van der Waals surface area contributed by atoms with Crippen molar-refractivity contribution in [3.63, 3.8) is 0 Å². The first kappa shape index (κ1) is 21.2. The van der Waals surface area contributed by atoms with E-state index in [1.165, 1.54) is 0 Å². The summed E-state index contributed by atoms with van der Waals surface area (Å²) in [5, 5.41) is 8.50. The molecular weight excluding hydrogens is 431 g/mol. The van der Waals surface area contributed by atoms with E-state index < -0.39 is 0 Å². The Balaban J connectivity index is 1.48. The number of ketones is 1. The van der Waals surface area contributed by atoms with E-state index in [0.29, 0.717) is 33.6 Å². The predicted molar refractivity (Wildman–Crippen MR) is 126 cm³/mol. The maximum absolute atomic E-state index is 12.6. The number of benzene rings is 3. The van der Waals surface area contributed by atoms with Gasteiger partial charge in [-0.2, -0.15) is 0 Å². The number of halogens is 2. The van der Waals surface area contributed by atoms with Crippen molar-refractivity contribution < 1.29 is 9.32 Å². The van der Waals surface area contributed by atoms with Crippen LogP contribution in [-0.2, 0) is 0 Å². The third kappa shape index (κ3) is 4.82. The average Bonchev–Trinajstić information content (AvgIpc) is 3.27. The number of hydrogen-bond donors (Lipinski definition) is 1. The molecule has 3 aromatic carbocycles. The van der Waals surface area contributed by atoms with Gasteiger partial charge < -0.3 is 9.84 Å². The standard InChI is InChI=1S/C25H20Cl2N2O2/c1-16(25(30)17-7-3-2-4-8-17)15-28-19-10-5-9-18(13-19)23-14-22(29-31-23)24-20(26)11-6-12-21(24)27/h2-14,16,28H,15H2,1H3. The lowest BCUT2D eigenvalue weighted by Gasteiger charge is -2.13. The number of carbonyl (C=O) groups is 1. The number of nitrogens with one attached hydrogen (secondary N) is 1. The third-order valence-corrected chi connectivity index (χ3v) is 5.62. The van der Waals surface area contributed by atoms with Crippen LogP contribution in [0, 0.1) is 5.92 Å². The Bertz CT molecular complexity index is 1180. The topological polar surface area (TPSA) is 55.1 Å². The monoisotopic (exact) mass is 450 g/mol. The first-order valence-electron chi connectivity index (χ1n) is 9.87. The fourth-order valence-electron chi connectivity index (χ4n) is 3.30. The summed E-state index contributed by atoms with van der Waals surface area (Å²) in [5.74, 6) is 0.550. The molecule has 0 fully saturated rings. The molecule has 1 unspecified atom stereocenters. The molecule has 0 radical (unpaired) electrons. The molecule has 6 heteroatoms. The number of rotatable bonds is 7. The number of nitrogens with zero attached hydrogens (tertiary/aromatic N) is 1. The van der Waals surface area contributed by atoms with Crippen LogP contribution in [-0.4, -0.2) is 17.5 Å². The molecule has 0 saturated heterocycles. The van der Waals surface area contributed by atoms with Crippen molar-refractivity contribution in [3.05, 3.63) is 94.5 Å². The summed E-state index contributed by atoms with van der Waals surface area (Å²) in [5.41, 5.74) is 3.68. The fraction of sp³-hybridized carbons (Fsp3) is 0.120. The Kier molecular flexibility index (Phi) is 6.40. The van der Waals surface area contributed by atoms with Crippen LogP contribution >= 0.6 is 23.2 Å². The normalized spacial score (nSPS) is 11.8. The predicted octanol–water partition coefficient (Wildman–Crippen LogP) is 7.25. The molecule has 0 spiro atoms. The molecule has 4 nitrogen and oxygen atoms in total. The first-order valence-corrected chi connectivity index (χ1v) is 10.6. The summed E-state index contributed by atoms with van der Waals surface area (Å²) in [6, 6.07) is 24.2. The highest BCUT2D eigenvalue weighted by molar-refractivity contribution is 6.39. The zero-order chi connectivity index (χ0) is 21.8. The van der Waals surface area contributed by atoms with E-state index in [-0.39, 0.29) is 11.7 Å². The van der Waals surface area contributed by atoms with E-state index in [2.05, 4.69) is 10.5 Å². The van der Waals surface area contributed by atoms with Gasteiger partial charge in [-0.15, -0.1) is 0 Å². The molecule has 0 aliphatic rings. The third-order valence-electron chi connectivity index (χ3n) is 4.99. The molecule has 0 aliphatic carbocycles. The van der Waals surface area contributed by atoms with E-state index in [4.69, 9.17) is 27.7 Å². The maximum atomic E-state index is 12.6. The van der Waals surface area contributed by atoms with Crippen LogP contribution in [0.2, 0.25) is 10.0 Å². The zero-order valence-corrected chi connectivity index (χ0v) is 18.3. The minimum absolute atomic E-state index is 0.112. The van der Waals surface area contributed by atoms with Crippen LogP contribution in [0.4, 0.5) is 5.69 Å². The molecule has 0 saturated carbocycles. The van der Waals surface area contributed by atoms with Crippen LogP contribution in [0.3, 0.4) is 0 Å². The molecule has 31 heavy (non-hydrogen) atoms. The lowest BCUT2D eigenvalue weighted by atomic mass is 9.99. The Labute approximate surface area is 190 Å². The molecule has 4 aromatic rings. The smallest absolute Gasteiger partial charge is 0.167 e. The molecule has 1 atom stereocenters. The average molecular weight is 451 g/mol. The second-order valence-electron chi connectivity index (χ2n) is 7.27. The van der Waals surface area contributed by atoms with E-state index >= 15 is 0 Å². The summed E-state index contributed by atoms with van der Waals surface area (Å²) < 4.78 is 5.54. The fourth-order valence-corrected chi connectivity index (χ4v) is 3.90. The van der Waals surface area contributed by atoms with Crippen LogP contribution in [0.25, 0.3) is 22.6 Å². The minimum atomic E-state index is -0.162. The van der Waals surface area contributed by atoms with Crippen molar-refractivity contribution in [2.75, 3.05) is 11.9 Å². The Morgan fingerprint density at radius 3 is 2.42 bits per heavy atom. The molecule has 156 valence electrons. The van der Waals surface area contributed by atoms with Crippen LogP contribution < -0.4 is 5.32 Å². The largest absolute Gasteiger partial charge is 0.384 e. The summed E-state index contributed by atoms with van der Waals surface area (Å²) in [4.78, 5) is 12.6. The second kappa shape index (κ2) is 9.38. The molecular formula is C25H20Cl2N2O2. The van der Waals surface area contributed by atoms with Gasteiger partial charge in [0.2, 0.25) is 0 Å².